The van der Waals surface area contributed by atoms with Crippen molar-refractivity contribution < 1.29 is 14.3 Å². The Balaban J connectivity index is 1.03. The van der Waals surface area contributed by atoms with E-state index < -0.39 is 5.60 Å². The summed E-state index contributed by atoms with van der Waals surface area (Å²) in [6.45, 7) is 21.9. The van der Waals surface area contributed by atoms with Gasteiger partial charge in [-0.2, -0.15) is 5.26 Å². The van der Waals surface area contributed by atoms with E-state index in [-0.39, 0.29) is 23.0 Å². The molecule has 3 heterocycles. The van der Waals surface area contributed by atoms with Crippen molar-refractivity contribution in [2.24, 2.45) is 16.7 Å². The van der Waals surface area contributed by atoms with Gasteiger partial charge in [-0.25, -0.2) is 4.79 Å². The molecule has 49 heavy (non-hydrogen) atoms. The third kappa shape index (κ3) is 7.18. The Morgan fingerprint density at radius 3 is 2.24 bits per heavy atom. The van der Waals surface area contributed by atoms with Gasteiger partial charge in [0.2, 0.25) is 0 Å². The van der Waals surface area contributed by atoms with Crippen molar-refractivity contribution in [2.45, 2.75) is 117 Å². The quantitative estimate of drug-likeness (QED) is 0.301. The average molecular weight is 685 g/mol. The Kier molecular flexibility index (Phi) is 9.79. The molecule has 2 aromatic carbocycles. The van der Waals surface area contributed by atoms with Crippen molar-refractivity contribution in [3.05, 3.63) is 63.7 Å². The number of carbonyl (C=O) groups excluding carboxylic acids is 1. The lowest BCUT2D eigenvalue weighted by Gasteiger charge is -2.66. The highest BCUT2D eigenvalue weighted by molar-refractivity contribution is 6.31. The number of fused-ring (bicyclic) bond motifs is 1. The van der Waals surface area contributed by atoms with Crippen molar-refractivity contribution in [1.29, 1.82) is 5.26 Å². The number of piperidine rings is 2. The molecule has 6 rings (SSSR count). The second-order valence-corrected chi connectivity index (χ2v) is 17.2. The summed E-state index contributed by atoms with van der Waals surface area (Å²) in [5.41, 5.74) is 3.71. The van der Waals surface area contributed by atoms with Crippen LogP contribution in [0.4, 0.5) is 4.79 Å². The van der Waals surface area contributed by atoms with Crippen LogP contribution in [0.25, 0.3) is 0 Å². The molecule has 1 unspecified atom stereocenters. The van der Waals surface area contributed by atoms with Crippen LogP contribution in [0.2, 0.25) is 5.02 Å². The third-order valence-corrected chi connectivity index (χ3v) is 11.7. The van der Waals surface area contributed by atoms with Crippen LogP contribution in [0, 0.1) is 39.9 Å². The van der Waals surface area contributed by atoms with E-state index in [2.05, 4.69) is 80.5 Å². The maximum atomic E-state index is 12.5. The summed E-state index contributed by atoms with van der Waals surface area (Å²) in [5.74, 6) is 8.30. The van der Waals surface area contributed by atoms with Gasteiger partial charge in [0.25, 0.3) is 0 Å². The summed E-state index contributed by atoms with van der Waals surface area (Å²) in [4.78, 5) is 19.6. The van der Waals surface area contributed by atoms with E-state index >= 15 is 0 Å². The number of amides is 1. The number of hydrogen-bond acceptors (Lipinski definition) is 6. The fourth-order valence-electron chi connectivity index (χ4n) is 9.45. The van der Waals surface area contributed by atoms with Gasteiger partial charge in [-0.1, -0.05) is 57.2 Å². The van der Waals surface area contributed by atoms with Gasteiger partial charge < -0.3 is 19.3 Å². The number of nitriles is 1. The van der Waals surface area contributed by atoms with Gasteiger partial charge in [0.15, 0.2) is 0 Å². The highest BCUT2D eigenvalue weighted by atomic mass is 35.5. The fourth-order valence-corrected chi connectivity index (χ4v) is 9.66. The number of benzene rings is 2. The predicted octanol–water partition coefficient (Wildman–Crippen LogP) is 8.43. The van der Waals surface area contributed by atoms with Crippen molar-refractivity contribution in [3.63, 3.8) is 0 Å². The van der Waals surface area contributed by atoms with E-state index in [1.165, 1.54) is 11.1 Å². The first-order valence-corrected chi connectivity index (χ1v) is 18.4. The van der Waals surface area contributed by atoms with Gasteiger partial charge in [-0.15, -0.1) is 0 Å². The summed E-state index contributed by atoms with van der Waals surface area (Å²) in [5, 5.41) is 9.69. The minimum absolute atomic E-state index is 0.00259. The van der Waals surface area contributed by atoms with E-state index in [4.69, 9.17) is 21.1 Å². The summed E-state index contributed by atoms with van der Waals surface area (Å²) < 4.78 is 12.2. The van der Waals surface area contributed by atoms with Crippen LogP contribution in [0.15, 0.2) is 36.4 Å². The Bertz CT molecular complexity index is 1650. The van der Waals surface area contributed by atoms with E-state index in [0.717, 1.165) is 64.0 Å². The summed E-state index contributed by atoms with van der Waals surface area (Å²) in [6.07, 6.45) is 4.03. The molecule has 2 saturated heterocycles. The maximum absolute atomic E-state index is 12.5. The second kappa shape index (κ2) is 13.5. The molecule has 0 radical (unpaired) electrons. The number of nitrogens with zero attached hydrogens (tertiary/aromatic N) is 4. The molecule has 1 atom stereocenters. The smallest absolute Gasteiger partial charge is 0.410 e. The van der Waals surface area contributed by atoms with Gasteiger partial charge in [0.05, 0.1) is 10.6 Å². The first kappa shape index (κ1) is 35.6. The molecule has 1 amide bonds. The van der Waals surface area contributed by atoms with Crippen LogP contribution in [-0.4, -0.2) is 70.8 Å². The number of rotatable bonds is 4. The standard InChI is InChI=1S/C41H53ClN4O3/c1-27-34-14-11-29(10-9-28-15-19-44(20-16-28)32-17-21-45(22-18-32)38(47)49-39(2,3)4)23-31(34)26-46(27)36-40(5,6)37(41(36,7)8)48-33-13-12-30(25-43)35(42)24-33/h11-14,23-24,27-28,32,36-37H,15-22,26H2,1-8H3. The van der Waals surface area contributed by atoms with Gasteiger partial charge in [-0.05, 0) is 102 Å². The van der Waals surface area contributed by atoms with Crippen LogP contribution >= 0.6 is 11.6 Å². The maximum Gasteiger partial charge on any atom is 0.410 e. The highest BCUT2D eigenvalue weighted by Crippen LogP contribution is 2.60. The SMILES string of the molecule is CC1c2ccc(C#CC3CCN(C4CCN(C(=O)OC(C)(C)C)CC4)CC3)cc2CN1C1C(C)(C)C(Oc2ccc(C#N)c(Cl)c2)C1(C)C. The average Bonchev–Trinajstić information content (AvgIpc) is 3.35. The minimum atomic E-state index is -0.453. The molecular weight excluding hydrogens is 632 g/mol. The van der Waals surface area contributed by atoms with Crippen molar-refractivity contribution in [2.75, 3.05) is 26.2 Å². The van der Waals surface area contributed by atoms with E-state index in [1.54, 1.807) is 12.1 Å². The zero-order chi connectivity index (χ0) is 35.3. The van der Waals surface area contributed by atoms with Crippen LogP contribution in [0.3, 0.4) is 0 Å². The number of hydrogen-bond donors (Lipinski definition) is 0. The molecule has 1 saturated carbocycles. The molecule has 0 spiro atoms. The lowest BCUT2D eigenvalue weighted by Crippen LogP contribution is -2.74. The number of halogens is 1. The van der Waals surface area contributed by atoms with Crippen LogP contribution in [0.1, 0.15) is 109 Å². The Morgan fingerprint density at radius 1 is 0.959 bits per heavy atom. The normalized spacial score (nSPS) is 25.8. The lowest BCUT2D eigenvalue weighted by atomic mass is 9.48. The van der Waals surface area contributed by atoms with Crippen molar-refractivity contribution >= 4 is 17.7 Å². The van der Waals surface area contributed by atoms with Crippen LogP contribution in [0.5, 0.6) is 5.75 Å². The molecule has 8 heteroatoms. The molecule has 0 aromatic heterocycles. The predicted molar refractivity (Wildman–Crippen MR) is 194 cm³/mol. The molecule has 0 N–H and O–H groups in total. The number of carbonyl (C=O) groups is 1. The topological polar surface area (TPSA) is 69.0 Å². The lowest BCUT2D eigenvalue weighted by molar-refractivity contribution is -0.216. The summed E-state index contributed by atoms with van der Waals surface area (Å²) in [7, 11) is 0. The van der Waals surface area contributed by atoms with E-state index in [0.29, 0.717) is 40.4 Å². The largest absolute Gasteiger partial charge is 0.489 e. The molecule has 4 aliphatic rings. The molecule has 1 aliphatic carbocycles. The molecule has 0 bridgehead atoms. The first-order valence-electron chi connectivity index (χ1n) is 18.1. The zero-order valence-electron chi connectivity index (χ0n) is 30.6. The van der Waals surface area contributed by atoms with Gasteiger partial charge >= 0.3 is 6.09 Å². The van der Waals surface area contributed by atoms with E-state index in [9.17, 15) is 10.1 Å². The van der Waals surface area contributed by atoms with Crippen LogP contribution < -0.4 is 4.74 Å². The van der Waals surface area contributed by atoms with Crippen LogP contribution in [-0.2, 0) is 11.3 Å². The fraction of sp³-hybridized carbons (Fsp3) is 0.610. The Labute approximate surface area is 298 Å². The molecular formula is C41H53ClN4O3. The van der Waals surface area contributed by atoms with Gasteiger partial charge in [0, 0.05) is 66.1 Å². The minimum Gasteiger partial charge on any atom is -0.489 e. The van der Waals surface area contributed by atoms with E-state index in [1.807, 2.05) is 31.7 Å². The third-order valence-electron chi connectivity index (χ3n) is 11.4. The first-order chi connectivity index (χ1) is 23.1. The van der Waals surface area contributed by atoms with Crippen molar-refractivity contribution in [1.82, 2.24) is 14.7 Å². The molecule has 3 aliphatic heterocycles. The zero-order valence-corrected chi connectivity index (χ0v) is 31.4. The Hall–Kier alpha value is -3.23. The number of ether oxygens (including phenoxy) is 2. The van der Waals surface area contributed by atoms with Crippen molar-refractivity contribution in [3.8, 4) is 23.7 Å². The molecule has 7 nitrogen and oxygen atoms in total. The molecule has 2 aromatic rings. The second-order valence-electron chi connectivity index (χ2n) is 16.8. The highest BCUT2D eigenvalue weighted by Gasteiger charge is 2.66. The summed E-state index contributed by atoms with van der Waals surface area (Å²) >= 11 is 6.32. The number of likely N-dealkylation sites (tertiary alicyclic amines) is 2. The molecule has 3 fully saturated rings. The monoisotopic (exact) mass is 684 g/mol. The summed E-state index contributed by atoms with van der Waals surface area (Å²) in [6, 6.07) is 15.5. The molecule has 262 valence electrons. The van der Waals surface area contributed by atoms with Gasteiger partial charge in [-0.3, -0.25) is 4.90 Å². The van der Waals surface area contributed by atoms with Gasteiger partial charge in [0.1, 0.15) is 23.5 Å². The Morgan fingerprint density at radius 2 is 1.63 bits per heavy atom.